The molecule has 1 atom stereocenters. The zero-order valence-electron chi connectivity index (χ0n) is 11.6. The number of benzene rings is 1. The number of carbonyl (C=O) groups is 1. The second kappa shape index (κ2) is 6.67. The monoisotopic (exact) mass is 281 g/mol. The molecule has 1 aromatic carbocycles. The van der Waals surface area contributed by atoms with E-state index in [1.54, 1.807) is 0 Å². The fraction of sp³-hybridized carbons (Fsp3) is 0.500. The van der Waals surface area contributed by atoms with E-state index in [0.29, 0.717) is 13.2 Å². The Kier molecular flexibility index (Phi) is 4.92. The second-order valence-electron chi connectivity index (χ2n) is 4.80. The average Bonchev–Trinajstić information content (AvgIpc) is 2.48. The second-order valence-corrected chi connectivity index (χ2v) is 4.80. The van der Waals surface area contributed by atoms with E-state index in [9.17, 15) is 9.18 Å². The fourth-order valence-electron chi connectivity index (χ4n) is 2.23. The lowest BCUT2D eigenvalue weighted by molar-refractivity contribution is -0.0246. The van der Waals surface area contributed by atoms with E-state index in [4.69, 9.17) is 10.5 Å². The number of ether oxygens (including phenoxy) is 1. The number of nitrogens with two attached hydrogens (primary N) is 1. The summed E-state index contributed by atoms with van der Waals surface area (Å²) in [6, 6.07) is 4.21. The highest BCUT2D eigenvalue weighted by molar-refractivity contribution is 5.99. The van der Waals surface area contributed by atoms with Crippen LogP contribution in [0.4, 0.5) is 10.1 Å². The highest BCUT2D eigenvalue weighted by Crippen LogP contribution is 2.15. The maximum atomic E-state index is 13.3. The number of nitrogens with zero attached hydrogens (tertiary/aromatic N) is 1. The van der Waals surface area contributed by atoms with Gasteiger partial charge in [0.2, 0.25) is 0 Å². The molecule has 1 aliphatic rings. The number of nitrogens with one attached hydrogen (secondary N) is 1. The molecule has 0 aromatic heterocycles. The van der Waals surface area contributed by atoms with Crippen LogP contribution in [0.15, 0.2) is 18.2 Å². The molecule has 0 spiro atoms. The predicted octanol–water partition coefficient (Wildman–Crippen LogP) is 0.858. The van der Waals surface area contributed by atoms with Crippen LogP contribution in [-0.4, -0.2) is 49.7 Å². The van der Waals surface area contributed by atoms with E-state index in [0.717, 1.165) is 19.6 Å². The molecule has 1 amide bonds. The van der Waals surface area contributed by atoms with E-state index in [1.807, 2.05) is 0 Å². The summed E-state index contributed by atoms with van der Waals surface area (Å²) >= 11 is 0. The van der Waals surface area contributed by atoms with Crippen molar-refractivity contribution in [2.45, 2.75) is 13.0 Å². The van der Waals surface area contributed by atoms with Gasteiger partial charge in [-0.25, -0.2) is 4.39 Å². The third-order valence-corrected chi connectivity index (χ3v) is 3.46. The molecule has 1 aliphatic heterocycles. The minimum atomic E-state index is -0.580. The number of nitrogen functional groups attached to an aromatic ring is 1. The maximum Gasteiger partial charge on any atom is 0.253 e. The maximum absolute atomic E-state index is 13.3. The molecule has 1 aromatic rings. The Balaban J connectivity index is 1.90. The quantitative estimate of drug-likeness (QED) is 0.803. The van der Waals surface area contributed by atoms with Crippen LogP contribution in [0.2, 0.25) is 0 Å². The van der Waals surface area contributed by atoms with Crippen molar-refractivity contribution < 1.29 is 13.9 Å². The number of anilines is 1. The summed E-state index contributed by atoms with van der Waals surface area (Å²) in [6.07, 6.45) is -0.0394. The van der Waals surface area contributed by atoms with Gasteiger partial charge < -0.3 is 15.8 Å². The number of rotatable bonds is 4. The molecule has 1 heterocycles. The lowest BCUT2D eigenvalue weighted by Gasteiger charge is -2.32. The molecule has 3 N–H and O–H groups in total. The first-order chi connectivity index (χ1) is 9.61. The van der Waals surface area contributed by atoms with Gasteiger partial charge in [0.05, 0.1) is 24.0 Å². The molecule has 6 heteroatoms. The van der Waals surface area contributed by atoms with Gasteiger partial charge in [-0.2, -0.15) is 0 Å². The van der Waals surface area contributed by atoms with Gasteiger partial charge in [0.15, 0.2) is 0 Å². The predicted molar refractivity (Wildman–Crippen MR) is 75.0 cm³/mol. The van der Waals surface area contributed by atoms with E-state index < -0.39 is 5.82 Å². The molecular formula is C14H20FN3O2. The number of carbonyl (C=O) groups excluding carboxylic acids is 1. The Morgan fingerprint density at radius 3 is 3.15 bits per heavy atom. The fourth-order valence-corrected chi connectivity index (χ4v) is 2.23. The Hall–Kier alpha value is -1.66. The molecule has 1 fully saturated rings. The van der Waals surface area contributed by atoms with Crippen molar-refractivity contribution in [3.05, 3.63) is 29.6 Å². The lowest BCUT2D eigenvalue weighted by atomic mass is 10.1. The van der Waals surface area contributed by atoms with Crippen molar-refractivity contribution in [3.8, 4) is 0 Å². The van der Waals surface area contributed by atoms with Gasteiger partial charge in [0, 0.05) is 19.6 Å². The van der Waals surface area contributed by atoms with E-state index in [2.05, 4.69) is 17.1 Å². The largest absolute Gasteiger partial charge is 0.396 e. The molecule has 0 saturated carbocycles. The van der Waals surface area contributed by atoms with Crippen LogP contribution >= 0.6 is 0 Å². The SMILES string of the molecule is CCN1CCOC(CNC(=O)c2cccc(F)c2N)C1. The van der Waals surface area contributed by atoms with Gasteiger partial charge in [0.25, 0.3) is 5.91 Å². The van der Waals surface area contributed by atoms with Crippen molar-refractivity contribution in [3.63, 3.8) is 0 Å². The summed E-state index contributed by atoms with van der Waals surface area (Å²) in [5, 5.41) is 2.74. The van der Waals surface area contributed by atoms with Gasteiger partial charge >= 0.3 is 0 Å². The van der Waals surface area contributed by atoms with Crippen LogP contribution in [0.5, 0.6) is 0 Å². The highest BCUT2D eigenvalue weighted by Gasteiger charge is 2.20. The lowest BCUT2D eigenvalue weighted by Crippen LogP contribution is -2.47. The first-order valence-electron chi connectivity index (χ1n) is 6.78. The van der Waals surface area contributed by atoms with E-state index in [1.165, 1.54) is 18.2 Å². The van der Waals surface area contributed by atoms with Gasteiger partial charge in [-0.3, -0.25) is 9.69 Å². The molecular weight excluding hydrogens is 261 g/mol. The van der Waals surface area contributed by atoms with Crippen LogP contribution in [0.3, 0.4) is 0 Å². The summed E-state index contributed by atoms with van der Waals surface area (Å²) in [5.41, 5.74) is 5.60. The van der Waals surface area contributed by atoms with Crippen molar-refractivity contribution >= 4 is 11.6 Å². The Morgan fingerprint density at radius 1 is 1.60 bits per heavy atom. The number of para-hydroxylation sites is 1. The minimum absolute atomic E-state index is 0.0394. The number of hydrogen-bond acceptors (Lipinski definition) is 4. The minimum Gasteiger partial charge on any atom is -0.396 e. The topological polar surface area (TPSA) is 67.6 Å². The third-order valence-electron chi connectivity index (χ3n) is 3.46. The number of morpholine rings is 1. The summed E-state index contributed by atoms with van der Waals surface area (Å²) in [7, 11) is 0. The number of hydrogen-bond donors (Lipinski definition) is 2. The molecule has 1 unspecified atom stereocenters. The number of halogens is 1. The van der Waals surface area contributed by atoms with E-state index >= 15 is 0 Å². The Morgan fingerprint density at radius 2 is 2.40 bits per heavy atom. The van der Waals surface area contributed by atoms with Gasteiger partial charge in [0.1, 0.15) is 5.82 Å². The molecule has 0 bridgehead atoms. The van der Waals surface area contributed by atoms with Crippen molar-refractivity contribution in [1.82, 2.24) is 10.2 Å². The molecule has 110 valence electrons. The zero-order chi connectivity index (χ0) is 14.5. The summed E-state index contributed by atoms with van der Waals surface area (Å²) in [4.78, 5) is 14.2. The third kappa shape index (κ3) is 3.46. The molecule has 0 radical (unpaired) electrons. The molecule has 2 rings (SSSR count). The number of likely N-dealkylation sites (N-methyl/N-ethyl adjacent to an activating group) is 1. The van der Waals surface area contributed by atoms with Gasteiger partial charge in [-0.1, -0.05) is 13.0 Å². The van der Waals surface area contributed by atoms with Crippen LogP contribution < -0.4 is 11.1 Å². The summed E-state index contributed by atoms with van der Waals surface area (Å²) in [6.45, 7) is 5.81. The standard InChI is InChI=1S/C14H20FN3O2/c1-2-18-6-7-20-10(9-18)8-17-14(19)11-4-3-5-12(15)13(11)16/h3-5,10H,2,6-9,16H2,1H3,(H,17,19). The first kappa shape index (κ1) is 14.7. The molecule has 0 aliphatic carbocycles. The molecule has 5 nitrogen and oxygen atoms in total. The highest BCUT2D eigenvalue weighted by atomic mass is 19.1. The Bertz CT molecular complexity index is 481. The zero-order valence-corrected chi connectivity index (χ0v) is 11.6. The van der Waals surface area contributed by atoms with Crippen molar-refractivity contribution in [2.24, 2.45) is 0 Å². The van der Waals surface area contributed by atoms with Gasteiger partial charge in [-0.05, 0) is 18.7 Å². The smallest absolute Gasteiger partial charge is 0.253 e. The molecule has 1 saturated heterocycles. The van der Waals surface area contributed by atoms with Crippen LogP contribution in [0.25, 0.3) is 0 Å². The molecule has 20 heavy (non-hydrogen) atoms. The van der Waals surface area contributed by atoms with Gasteiger partial charge in [-0.15, -0.1) is 0 Å². The van der Waals surface area contributed by atoms with E-state index in [-0.39, 0.29) is 23.3 Å². The summed E-state index contributed by atoms with van der Waals surface area (Å²) in [5.74, 6) is -0.956. The average molecular weight is 281 g/mol. The van der Waals surface area contributed by atoms with Crippen LogP contribution in [-0.2, 0) is 4.74 Å². The first-order valence-corrected chi connectivity index (χ1v) is 6.78. The van der Waals surface area contributed by atoms with Crippen molar-refractivity contribution in [2.75, 3.05) is 38.5 Å². The Labute approximate surface area is 117 Å². The van der Waals surface area contributed by atoms with Crippen molar-refractivity contribution in [1.29, 1.82) is 0 Å². The number of amides is 1. The van der Waals surface area contributed by atoms with Crippen LogP contribution in [0.1, 0.15) is 17.3 Å². The normalized spacial score (nSPS) is 19.8. The van der Waals surface area contributed by atoms with Crippen LogP contribution in [0, 0.1) is 5.82 Å². The summed E-state index contributed by atoms with van der Waals surface area (Å²) < 4.78 is 18.9.